The summed E-state index contributed by atoms with van der Waals surface area (Å²) < 4.78 is 0. The average molecular weight is 256 g/mol. The third-order valence-electron chi connectivity index (χ3n) is 3.65. The fourth-order valence-corrected chi connectivity index (χ4v) is 2.55. The third-order valence-corrected chi connectivity index (χ3v) is 3.65. The molecule has 1 atom stereocenters. The number of aryl methyl sites for hydroxylation is 1. The second kappa shape index (κ2) is 4.84. The van der Waals surface area contributed by atoms with Gasteiger partial charge in [0.2, 0.25) is 0 Å². The number of amides is 1. The van der Waals surface area contributed by atoms with Gasteiger partial charge in [0, 0.05) is 37.1 Å². The van der Waals surface area contributed by atoms with Crippen LogP contribution in [0.5, 0.6) is 0 Å². The fraction of sp³-hybridized carbons (Fsp3) is 0.357. The van der Waals surface area contributed by atoms with Crippen molar-refractivity contribution in [1.29, 1.82) is 0 Å². The number of hydrogen-bond donors (Lipinski definition) is 1. The molecule has 1 aliphatic heterocycles. The lowest BCUT2D eigenvalue weighted by Gasteiger charge is -2.16. The smallest absolute Gasteiger partial charge is 0.272 e. The van der Waals surface area contributed by atoms with Crippen LogP contribution < -0.4 is 0 Å². The highest BCUT2D eigenvalue weighted by molar-refractivity contribution is 5.93. The van der Waals surface area contributed by atoms with Gasteiger partial charge in [-0.05, 0) is 31.0 Å². The highest BCUT2D eigenvalue weighted by atomic mass is 16.2. The summed E-state index contributed by atoms with van der Waals surface area (Å²) in [5.41, 5.74) is 2.60. The zero-order chi connectivity index (χ0) is 13.2. The van der Waals surface area contributed by atoms with E-state index in [-0.39, 0.29) is 5.91 Å². The summed E-state index contributed by atoms with van der Waals surface area (Å²) in [6.07, 6.45) is 4.39. The monoisotopic (exact) mass is 256 g/mol. The van der Waals surface area contributed by atoms with Crippen molar-refractivity contribution in [3.8, 4) is 0 Å². The molecule has 0 bridgehead atoms. The summed E-state index contributed by atoms with van der Waals surface area (Å²) >= 11 is 0. The van der Waals surface area contributed by atoms with Gasteiger partial charge in [-0.15, -0.1) is 0 Å². The van der Waals surface area contributed by atoms with Crippen molar-refractivity contribution < 1.29 is 4.79 Å². The van der Waals surface area contributed by atoms with Crippen LogP contribution in [0.25, 0.3) is 0 Å². The second-order valence-corrected chi connectivity index (χ2v) is 4.92. The molecule has 3 heterocycles. The Hall–Kier alpha value is -2.17. The van der Waals surface area contributed by atoms with E-state index in [9.17, 15) is 4.79 Å². The Labute approximate surface area is 111 Å². The summed E-state index contributed by atoms with van der Waals surface area (Å²) in [6.45, 7) is 3.43. The number of carbonyl (C=O) groups is 1. The number of hydrogen-bond acceptors (Lipinski definition) is 3. The van der Waals surface area contributed by atoms with Crippen molar-refractivity contribution in [2.24, 2.45) is 0 Å². The maximum Gasteiger partial charge on any atom is 0.272 e. The van der Waals surface area contributed by atoms with E-state index in [4.69, 9.17) is 0 Å². The Kier molecular flexibility index (Phi) is 3.03. The van der Waals surface area contributed by atoms with Crippen molar-refractivity contribution in [2.75, 3.05) is 13.1 Å². The topological polar surface area (TPSA) is 61.9 Å². The third kappa shape index (κ3) is 2.23. The molecule has 1 N–H and O–H groups in total. The summed E-state index contributed by atoms with van der Waals surface area (Å²) in [4.78, 5) is 18.5. The van der Waals surface area contributed by atoms with Crippen LogP contribution in [-0.4, -0.2) is 39.1 Å². The van der Waals surface area contributed by atoms with Gasteiger partial charge < -0.3 is 4.90 Å². The highest BCUT2D eigenvalue weighted by Gasteiger charge is 2.29. The lowest BCUT2D eigenvalue weighted by atomic mass is 10.1. The van der Waals surface area contributed by atoms with Crippen molar-refractivity contribution >= 4 is 5.91 Å². The number of likely N-dealkylation sites (tertiary alicyclic amines) is 1. The minimum absolute atomic E-state index is 0.0279. The maximum absolute atomic E-state index is 12.4. The zero-order valence-electron chi connectivity index (χ0n) is 10.8. The van der Waals surface area contributed by atoms with Crippen molar-refractivity contribution in [1.82, 2.24) is 20.1 Å². The maximum atomic E-state index is 12.4. The Morgan fingerprint density at radius 2 is 2.32 bits per heavy atom. The molecule has 0 spiro atoms. The minimum atomic E-state index is 0.0279. The molecule has 5 nitrogen and oxygen atoms in total. The second-order valence-electron chi connectivity index (χ2n) is 4.92. The van der Waals surface area contributed by atoms with Crippen LogP contribution in [0.15, 0.2) is 30.6 Å². The largest absolute Gasteiger partial charge is 0.337 e. The number of pyridine rings is 1. The van der Waals surface area contributed by atoms with Gasteiger partial charge in [-0.25, -0.2) is 0 Å². The van der Waals surface area contributed by atoms with Crippen LogP contribution in [-0.2, 0) is 0 Å². The van der Waals surface area contributed by atoms with E-state index >= 15 is 0 Å². The first-order chi connectivity index (χ1) is 9.25. The summed E-state index contributed by atoms with van der Waals surface area (Å²) in [6, 6.07) is 5.75. The first-order valence-corrected chi connectivity index (χ1v) is 6.46. The van der Waals surface area contributed by atoms with E-state index < -0.39 is 0 Å². The molecular weight excluding hydrogens is 240 g/mol. The van der Waals surface area contributed by atoms with Gasteiger partial charge in [0.1, 0.15) is 5.69 Å². The van der Waals surface area contributed by atoms with Crippen LogP contribution in [0, 0.1) is 6.92 Å². The summed E-state index contributed by atoms with van der Waals surface area (Å²) in [5, 5.41) is 6.95. The molecule has 1 unspecified atom stereocenters. The van der Waals surface area contributed by atoms with Gasteiger partial charge in [-0.3, -0.25) is 14.9 Å². The molecule has 0 aromatic carbocycles. The number of nitrogens with one attached hydrogen (secondary N) is 1. The van der Waals surface area contributed by atoms with E-state index in [2.05, 4.69) is 15.2 Å². The minimum Gasteiger partial charge on any atom is -0.337 e. The van der Waals surface area contributed by atoms with Crippen LogP contribution in [0.4, 0.5) is 0 Å². The first-order valence-electron chi connectivity index (χ1n) is 6.46. The number of aromatic amines is 1. The summed E-state index contributed by atoms with van der Waals surface area (Å²) in [5.74, 6) is 0.385. The molecule has 1 fully saturated rings. The Morgan fingerprint density at radius 1 is 1.42 bits per heavy atom. The standard InChI is InChI=1S/C14H16N4O/c1-10-3-2-6-15-13(10)14(19)18-8-5-11(9-18)12-4-7-16-17-12/h2-4,6-7,11H,5,8-9H2,1H3,(H,16,17). The van der Waals surface area contributed by atoms with Crippen molar-refractivity contribution in [3.05, 3.63) is 47.5 Å². The zero-order valence-corrected chi connectivity index (χ0v) is 10.8. The van der Waals surface area contributed by atoms with E-state index in [1.807, 2.05) is 30.0 Å². The number of rotatable bonds is 2. The Balaban J connectivity index is 1.75. The summed E-state index contributed by atoms with van der Waals surface area (Å²) in [7, 11) is 0. The van der Waals surface area contributed by atoms with E-state index in [1.165, 1.54) is 0 Å². The number of H-pyrrole nitrogens is 1. The highest BCUT2D eigenvalue weighted by Crippen LogP contribution is 2.26. The van der Waals surface area contributed by atoms with E-state index in [1.54, 1.807) is 12.4 Å². The molecule has 0 aliphatic carbocycles. The van der Waals surface area contributed by atoms with Gasteiger partial charge in [0.15, 0.2) is 0 Å². The van der Waals surface area contributed by atoms with E-state index in [0.717, 1.165) is 30.8 Å². The number of aromatic nitrogens is 3. The fourth-order valence-electron chi connectivity index (χ4n) is 2.55. The molecule has 2 aromatic heterocycles. The Morgan fingerprint density at radius 3 is 3.05 bits per heavy atom. The number of carbonyl (C=O) groups excluding carboxylic acids is 1. The SMILES string of the molecule is Cc1cccnc1C(=O)N1CCC(c2ccn[nH]2)C1. The molecule has 1 aliphatic rings. The van der Waals surface area contributed by atoms with Gasteiger partial charge in [0.25, 0.3) is 5.91 Å². The van der Waals surface area contributed by atoms with Crippen molar-refractivity contribution in [2.45, 2.75) is 19.3 Å². The molecule has 2 aromatic rings. The lowest BCUT2D eigenvalue weighted by Crippen LogP contribution is -2.29. The quantitative estimate of drug-likeness (QED) is 0.890. The first kappa shape index (κ1) is 11.9. The molecule has 3 rings (SSSR count). The predicted octanol–water partition coefficient (Wildman–Crippen LogP) is 1.74. The van der Waals surface area contributed by atoms with Gasteiger partial charge in [-0.1, -0.05) is 6.07 Å². The van der Waals surface area contributed by atoms with Crippen molar-refractivity contribution in [3.63, 3.8) is 0 Å². The van der Waals surface area contributed by atoms with Crippen LogP contribution in [0.2, 0.25) is 0 Å². The normalized spacial score (nSPS) is 18.8. The molecule has 19 heavy (non-hydrogen) atoms. The molecular formula is C14H16N4O. The van der Waals surface area contributed by atoms with Crippen LogP contribution in [0.3, 0.4) is 0 Å². The molecule has 1 saturated heterocycles. The van der Waals surface area contributed by atoms with Gasteiger partial charge in [0.05, 0.1) is 0 Å². The van der Waals surface area contributed by atoms with Gasteiger partial charge in [-0.2, -0.15) is 5.10 Å². The molecule has 98 valence electrons. The molecule has 5 heteroatoms. The van der Waals surface area contributed by atoms with E-state index in [0.29, 0.717) is 11.6 Å². The molecule has 0 saturated carbocycles. The lowest BCUT2D eigenvalue weighted by molar-refractivity contribution is 0.0784. The predicted molar refractivity (Wildman–Crippen MR) is 70.8 cm³/mol. The number of nitrogens with zero attached hydrogens (tertiary/aromatic N) is 3. The molecule has 1 amide bonds. The van der Waals surface area contributed by atoms with Crippen LogP contribution >= 0.6 is 0 Å². The molecule has 0 radical (unpaired) electrons. The average Bonchev–Trinajstić information content (AvgIpc) is 3.09. The van der Waals surface area contributed by atoms with Crippen LogP contribution in [0.1, 0.15) is 34.1 Å². The Bertz CT molecular complexity index is 579. The van der Waals surface area contributed by atoms with Gasteiger partial charge >= 0.3 is 0 Å².